The molecule has 1 amide bonds. The van der Waals surface area contributed by atoms with Gasteiger partial charge in [-0.2, -0.15) is 5.10 Å². The van der Waals surface area contributed by atoms with Gasteiger partial charge in [-0.05, 0) is 36.2 Å². The molecule has 4 heterocycles. The molecule has 0 saturated heterocycles. The van der Waals surface area contributed by atoms with E-state index in [1.54, 1.807) is 16.8 Å². The summed E-state index contributed by atoms with van der Waals surface area (Å²) in [6.07, 6.45) is 2.85. The fourth-order valence-electron chi connectivity index (χ4n) is 3.03. The number of H-pyrrole nitrogens is 1. The van der Waals surface area contributed by atoms with Crippen LogP contribution in [0.2, 0.25) is 5.15 Å². The first-order valence-corrected chi connectivity index (χ1v) is 8.54. The third-order valence-corrected chi connectivity index (χ3v) is 4.74. The van der Waals surface area contributed by atoms with Crippen LogP contribution in [0.25, 0.3) is 27.7 Å². The van der Waals surface area contributed by atoms with Crippen LogP contribution in [0.4, 0.5) is 10.2 Å². The number of carbonyl (C=O) groups excluding carboxylic acids is 1. The lowest BCUT2D eigenvalue weighted by Crippen LogP contribution is -2.15. The Bertz CT molecular complexity index is 1170. The van der Waals surface area contributed by atoms with Crippen molar-refractivity contribution in [1.82, 2.24) is 19.6 Å². The molecular weight excluding hydrogens is 357 g/mol. The van der Waals surface area contributed by atoms with Crippen molar-refractivity contribution in [2.75, 3.05) is 5.32 Å². The number of anilines is 1. The number of aromatic amines is 1. The van der Waals surface area contributed by atoms with Gasteiger partial charge in [-0.15, -0.1) is 0 Å². The molecule has 130 valence electrons. The second-order valence-electron chi connectivity index (χ2n) is 6.44. The lowest BCUT2D eigenvalue weighted by Gasteiger charge is -2.02. The van der Waals surface area contributed by atoms with E-state index in [1.165, 1.54) is 0 Å². The van der Waals surface area contributed by atoms with E-state index in [-0.39, 0.29) is 5.91 Å². The Kier molecular flexibility index (Phi) is 3.27. The van der Waals surface area contributed by atoms with Gasteiger partial charge in [-0.3, -0.25) is 4.79 Å². The predicted octanol–water partition coefficient (Wildman–Crippen LogP) is 3.83. The van der Waals surface area contributed by atoms with E-state index < -0.39 is 12.1 Å². The molecule has 1 fully saturated rings. The van der Waals surface area contributed by atoms with E-state index >= 15 is 0 Å². The van der Waals surface area contributed by atoms with Gasteiger partial charge in [-0.1, -0.05) is 11.6 Å². The molecule has 26 heavy (non-hydrogen) atoms. The van der Waals surface area contributed by atoms with Crippen LogP contribution in [0.5, 0.6) is 0 Å². The van der Waals surface area contributed by atoms with E-state index in [9.17, 15) is 9.18 Å². The zero-order valence-corrected chi connectivity index (χ0v) is 14.2. The van der Waals surface area contributed by atoms with Crippen LogP contribution in [-0.2, 0) is 4.79 Å². The van der Waals surface area contributed by atoms with Gasteiger partial charge in [0, 0.05) is 29.4 Å². The van der Waals surface area contributed by atoms with Crippen LogP contribution in [0.3, 0.4) is 0 Å². The lowest BCUT2D eigenvalue weighted by atomic mass is 10.1. The lowest BCUT2D eigenvalue weighted by molar-refractivity contribution is -0.117. The summed E-state index contributed by atoms with van der Waals surface area (Å²) in [6.45, 7) is 0. The largest absolute Gasteiger partial charge is 0.330 e. The quantitative estimate of drug-likeness (QED) is 0.576. The Morgan fingerprint density at radius 2 is 2.15 bits per heavy atom. The van der Waals surface area contributed by atoms with Crippen molar-refractivity contribution in [3.8, 4) is 11.1 Å². The van der Waals surface area contributed by atoms with Crippen molar-refractivity contribution in [3.05, 3.63) is 47.9 Å². The second-order valence-corrected chi connectivity index (χ2v) is 6.85. The van der Waals surface area contributed by atoms with E-state index in [0.29, 0.717) is 17.4 Å². The number of rotatable bonds is 3. The predicted molar refractivity (Wildman–Crippen MR) is 96.9 cm³/mol. The minimum absolute atomic E-state index is 0.294. The highest BCUT2D eigenvalue weighted by atomic mass is 35.5. The molecule has 1 aliphatic rings. The SMILES string of the molecule is O=C(Nc1cc2cc(-c3cnc4[nH]c(Cl)cc4c3)ccn2n1)[C@@H]1C[C@@H]1F. The van der Waals surface area contributed by atoms with E-state index in [1.807, 2.05) is 30.5 Å². The molecule has 5 rings (SSSR count). The van der Waals surface area contributed by atoms with Crippen molar-refractivity contribution in [2.24, 2.45) is 5.92 Å². The van der Waals surface area contributed by atoms with Gasteiger partial charge < -0.3 is 10.3 Å². The molecule has 4 aromatic heterocycles. The summed E-state index contributed by atoms with van der Waals surface area (Å²) >= 11 is 5.97. The van der Waals surface area contributed by atoms with Gasteiger partial charge in [0.15, 0.2) is 5.82 Å². The minimum atomic E-state index is -1.03. The topological polar surface area (TPSA) is 75.1 Å². The van der Waals surface area contributed by atoms with Crippen LogP contribution in [0.15, 0.2) is 42.7 Å². The monoisotopic (exact) mass is 369 g/mol. The van der Waals surface area contributed by atoms with Gasteiger partial charge >= 0.3 is 0 Å². The molecule has 1 aliphatic carbocycles. The highest BCUT2D eigenvalue weighted by molar-refractivity contribution is 6.30. The number of fused-ring (bicyclic) bond motifs is 2. The standard InChI is InChI=1S/C18H13ClFN5O/c19-15-5-10-3-11(8-21-17(10)22-15)9-1-2-25-12(4-9)6-16(24-25)23-18(26)13-7-14(13)20/h1-6,8,13-14H,7H2,(H,21,22)(H,23,24,26)/t13-,14+/m1/s1. The van der Waals surface area contributed by atoms with E-state index in [0.717, 1.165) is 27.7 Å². The number of pyridine rings is 2. The molecule has 0 aromatic carbocycles. The molecule has 6 nitrogen and oxygen atoms in total. The molecule has 4 aromatic rings. The molecule has 0 aliphatic heterocycles. The summed E-state index contributed by atoms with van der Waals surface area (Å²) in [5.41, 5.74) is 3.46. The van der Waals surface area contributed by atoms with Gasteiger partial charge in [0.25, 0.3) is 0 Å². The Balaban J connectivity index is 1.47. The molecule has 0 unspecified atom stereocenters. The summed E-state index contributed by atoms with van der Waals surface area (Å²) in [4.78, 5) is 19.2. The first kappa shape index (κ1) is 15.3. The number of carbonyl (C=O) groups is 1. The van der Waals surface area contributed by atoms with Crippen molar-refractivity contribution in [1.29, 1.82) is 0 Å². The minimum Gasteiger partial charge on any atom is -0.330 e. The molecule has 0 spiro atoms. The summed E-state index contributed by atoms with van der Waals surface area (Å²) < 4.78 is 14.6. The van der Waals surface area contributed by atoms with Gasteiger partial charge in [-0.25, -0.2) is 13.9 Å². The number of alkyl halides is 1. The third kappa shape index (κ3) is 2.61. The summed E-state index contributed by atoms with van der Waals surface area (Å²) in [6, 6.07) is 9.46. The third-order valence-electron chi connectivity index (χ3n) is 4.53. The van der Waals surface area contributed by atoms with Crippen LogP contribution in [0.1, 0.15) is 6.42 Å². The average molecular weight is 370 g/mol. The Morgan fingerprint density at radius 3 is 2.96 bits per heavy atom. The molecule has 2 N–H and O–H groups in total. The number of hydrogen-bond donors (Lipinski definition) is 2. The number of nitrogens with one attached hydrogen (secondary N) is 2. The Hall–Kier alpha value is -2.93. The van der Waals surface area contributed by atoms with Crippen LogP contribution >= 0.6 is 11.6 Å². The highest BCUT2D eigenvalue weighted by Crippen LogP contribution is 2.34. The van der Waals surface area contributed by atoms with Gasteiger partial charge in [0.05, 0.1) is 11.4 Å². The molecule has 0 radical (unpaired) electrons. The summed E-state index contributed by atoms with van der Waals surface area (Å²) in [5, 5.41) is 8.44. The van der Waals surface area contributed by atoms with Crippen LogP contribution in [0, 0.1) is 5.92 Å². The maximum absolute atomic E-state index is 13.0. The Labute approximate surface area is 152 Å². The maximum atomic E-state index is 13.0. The summed E-state index contributed by atoms with van der Waals surface area (Å²) in [7, 11) is 0. The van der Waals surface area contributed by atoms with Gasteiger partial charge in [0.2, 0.25) is 5.91 Å². The van der Waals surface area contributed by atoms with Crippen molar-refractivity contribution in [2.45, 2.75) is 12.6 Å². The molecule has 2 atom stereocenters. The zero-order chi connectivity index (χ0) is 17.8. The second kappa shape index (κ2) is 5.54. The zero-order valence-electron chi connectivity index (χ0n) is 13.4. The maximum Gasteiger partial charge on any atom is 0.231 e. The van der Waals surface area contributed by atoms with Crippen molar-refractivity contribution >= 4 is 39.9 Å². The van der Waals surface area contributed by atoms with Crippen LogP contribution < -0.4 is 5.32 Å². The van der Waals surface area contributed by atoms with E-state index in [2.05, 4.69) is 20.4 Å². The van der Waals surface area contributed by atoms with Gasteiger partial charge in [0.1, 0.15) is 17.0 Å². The fourth-order valence-corrected chi connectivity index (χ4v) is 3.24. The first-order chi connectivity index (χ1) is 12.6. The molecule has 8 heteroatoms. The Morgan fingerprint density at radius 1 is 1.31 bits per heavy atom. The fraction of sp³-hybridized carbons (Fsp3) is 0.167. The average Bonchev–Trinajstić information content (AvgIpc) is 3.04. The smallest absolute Gasteiger partial charge is 0.231 e. The van der Waals surface area contributed by atoms with E-state index in [4.69, 9.17) is 11.6 Å². The molecule has 0 bridgehead atoms. The van der Waals surface area contributed by atoms with Crippen LogP contribution in [-0.4, -0.2) is 31.7 Å². The number of halogens is 2. The number of nitrogens with zero attached hydrogens (tertiary/aromatic N) is 3. The van der Waals surface area contributed by atoms with Crippen molar-refractivity contribution in [3.63, 3.8) is 0 Å². The molecular formula is C18H13ClFN5O. The normalized spacial score (nSPS) is 19.2. The molecule has 1 saturated carbocycles. The first-order valence-electron chi connectivity index (χ1n) is 8.16. The number of aromatic nitrogens is 4. The van der Waals surface area contributed by atoms with Crippen molar-refractivity contribution < 1.29 is 9.18 Å². The highest BCUT2D eigenvalue weighted by Gasteiger charge is 2.43. The summed E-state index contributed by atoms with van der Waals surface area (Å²) in [5.74, 6) is -0.446. The number of hydrogen-bond acceptors (Lipinski definition) is 3. The number of amides is 1.